The maximum absolute atomic E-state index is 13.4. The lowest BCUT2D eigenvalue weighted by Crippen LogP contribution is -2.44. The summed E-state index contributed by atoms with van der Waals surface area (Å²) in [5.41, 5.74) is 4.18. The standard InChI is InChI=1S/C20H29F2N5/c1-12(16-7-8-18(21)19(22)10-16)11-24-20(23-5)25-13(2)9-17-14(3)26-27(6)15(17)4/h7-8,10,12-13H,9,11H2,1-6H3,(H2,23,24,25). The van der Waals surface area contributed by atoms with E-state index in [1.165, 1.54) is 11.6 Å². The Morgan fingerprint density at radius 1 is 1.22 bits per heavy atom. The van der Waals surface area contributed by atoms with Gasteiger partial charge in [-0.1, -0.05) is 13.0 Å². The van der Waals surface area contributed by atoms with E-state index < -0.39 is 11.6 Å². The molecule has 0 spiro atoms. The Morgan fingerprint density at radius 3 is 2.48 bits per heavy atom. The van der Waals surface area contributed by atoms with E-state index in [1.54, 1.807) is 13.1 Å². The summed E-state index contributed by atoms with van der Waals surface area (Å²) in [6.45, 7) is 8.70. The molecule has 0 aliphatic carbocycles. The van der Waals surface area contributed by atoms with E-state index in [0.29, 0.717) is 12.5 Å². The molecule has 0 radical (unpaired) electrons. The molecular formula is C20H29F2N5. The molecule has 2 atom stereocenters. The molecule has 0 aliphatic rings. The van der Waals surface area contributed by atoms with Crippen molar-refractivity contribution in [1.29, 1.82) is 0 Å². The predicted octanol–water partition coefficient (Wildman–Crippen LogP) is 3.21. The SMILES string of the molecule is CN=C(NCC(C)c1ccc(F)c(F)c1)NC(C)Cc1c(C)nn(C)c1C. The second-order valence-electron chi connectivity index (χ2n) is 7.05. The third-order valence-electron chi connectivity index (χ3n) is 4.86. The number of hydrogen-bond donors (Lipinski definition) is 2. The van der Waals surface area contributed by atoms with Crippen LogP contribution in [0.5, 0.6) is 0 Å². The minimum atomic E-state index is -0.828. The Morgan fingerprint density at radius 2 is 1.93 bits per heavy atom. The number of guanidine groups is 1. The van der Waals surface area contributed by atoms with Crippen LogP contribution < -0.4 is 10.6 Å². The number of rotatable bonds is 6. The van der Waals surface area contributed by atoms with Crippen molar-refractivity contribution < 1.29 is 8.78 Å². The van der Waals surface area contributed by atoms with Gasteiger partial charge in [0.1, 0.15) is 0 Å². The van der Waals surface area contributed by atoms with Gasteiger partial charge in [-0.05, 0) is 56.4 Å². The molecule has 2 unspecified atom stereocenters. The van der Waals surface area contributed by atoms with Crippen LogP contribution in [0.3, 0.4) is 0 Å². The first-order valence-electron chi connectivity index (χ1n) is 9.14. The van der Waals surface area contributed by atoms with Gasteiger partial charge in [0.2, 0.25) is 0 Å². The molecule has 2 rings (SSSR count). The smallest absolute Gasteiger partial charge is 0.191 e. The summed E-state index contributed by atoms with van der Waals surface area (Å²) in [5, 5.41) is 11.1. The summed E-state index contributed by atoms with van der Waals surface area (Å²) in [6, 6.07) is 4.18. The molecule has 1 heterocycles. The minimum absolute atomic E-state index is 0.0109. The second kappa shape index (κ2) is 8.97. The van der Waals surface area contributed by atoms with E-state index in [2.05, 4.69) is 34.6 Å². The van der Waals surface area contributed by atoms with Crippen LogP contribution in [0, 0.1) is 25.5 Å². The Bertz CT molecular complexity index is 813. The molecule has 27 heavy (non-hydrogen) atoms. The van der Waals surface area contributed by atoms with Crippen LogP contribution in [-0.2, 0) is 13.5 Å². The molecule has 2 aromatic rings. The van der Waals surface area contributed by atoms with Crippen molar-refractivity contribution in [2.75, 3.05) is 13.6 Å². The third-order valence-corrected chi connectivity index (χ3v) is 4.86. The number of nitrogens with zero attached hydrogens (tertiary/aromatic N) is 3. The van der Waals surface area contributed by atoms with Gasteiger partial charge in [0.25, 0.3) is 0 Å². The van der Waals surface area contributed by atoms with Crippen LogP contribution in [0.4, 0.5) is 8.78 Å². The molecule has 7 heteroatoms. The van der Waals surface area contributed by atoms with Crippen LogP contribution in [0.2, 0.25) is 0 Å². The molecule has 0 saturated carbocycles. The zero-order valence-corrected chi connectivity index (χ0v) is 16.9. The van der Waals surface area contributed by atoms with E-state index in [9.17, 15) is 8.78 Å². The van der Waals surface area contributed by atoms with Crippen molar-refractivity contribution in [3.63, 3.8) is 0 Å². The first-order chi connectivity index (χ1) is 12.7. The molecule has 0 fully saturated rings. The van der Waals surface area contributed by atoms with Gasteiger partial charge in [-0.2, -0.15) is 5.10 Å². The van der Waals surface area contributed by atoms with Crippen molar-refractivity contribution in [2.24, 2.45) is 12.0 Å². The van der Waals surface area contributed by atoms with Gasteiger partial charge in [0.15, 0.2) is 17.6 Å². The Labute approximate surface area is 159 Å². The van der Waals surface area contributed by atoms with Crippen molar-refractivity contribution in [3.8, 4) is 0 Å². The number of aromatic nitrogens is 2. The van der Waals surface area contributed by atoms with Gasteiger partial charge in [-0.15, -0.1) is 0 Å². The number of aliphatic imine (C=N–C) groups is 1. The maximum Gasteiger partial charge on any atom is 0.191 e. The van der Waals surface area contributed by atoms with Crippen LogP contribution in [-0.4, -0.2) is 35.4 Å². The number of hydrogen-bond acceptors (Lipinski definition) is 2. The fraction of sp³-hybridized carbons (Fsp3) is 0.500. The molecule has 148 valence electrons. The average molecular weight is 377 g/mol. The van der Waals surface area contributed by atoms with Gasteiger partial charge in [0, 0.05) is 32.4 Å². The largest absolute Gasteiger partial charge is 0.356 e. The van der Waals surface area contributed by atoms with E-state index >= 15 is 0 Å². The normalized spacial score (nSPS) is 14.1. The van der Waals surface area contributed by atoms with Gasteiger partial charge >= 0.3 is 0 Å². The van der Waals surface area contributed by atoms with Gasteiger partial charge in [0.05, 0.1) is 5.69 Å². The molecular weight excluding hydrogens is 348 g/mol. The van der Waals surface area contributed by atoms with Crippen LogP contribution in [0.25, 0.3) is 0 Å². The van der Waals surface area contributed by atoms with E-state index in [0.717, 1.165) is 29.4 Å². The highest BCUT2D eigenvalue weighted by molar-refractivity contribution is 5.80. The van der Waals surface area contributed by atoms with Crippen LogP contribution in [0.1, 0.15) is 42.3 Å². The fourth-order valence-electron chi connectivity index (χ4n) is 3.08. The average Bonchev–Trinajstić information content (AvgIpc) is 2.86. The van der Waals surface area contributed by atoms with Crippen molar-refractivity contribution in [2.45, 2.75) is 46.1 Å². The van der Waals surface area contributed by atoms with E-state index in [-0.39, 0.29) is 12.0 Å². The first-order valence-corrected chi connectivity index (χ1v) is 9.14. The van der Waals surface area contributed by atoms with Crippen LogP contribution >= 0.6 is 0 Å². The molecule has 0 bridgehead atoms. The summed E-state index contributed by atoms with van der Waals surface area (Å²) < 4.78 is 28.4. The zero-order chi connectivity index (χ0) is 20.1. The molecule has 5 nitrogen and oxygen atoms in total. The fourth-order valence-corrected chi connectivity index (χ4v) is 3.08. The Kier molecular flexibility index (Phi) is 6.93. The van der Waals surface area contributed by atoms with E-state index in [4.69, 9.17) is 0 Å². The summed E-state index contributed by atoms with van der Waals surface area (Å²) in [6.07, 6.45) is 0.838. The van der Waals surface area contributed by atoms with Crippen molar-refractivity contribution in [1.82, 2.24) is 20.4 Å². The summed E-state index contributed by atoms with van der Waals surface area (Å²) in [7, 11) is 3.66. The zero-order valence-electron chi connectivity index (χ0n) is 16.9. The molecule has 0 saturated heterocycles. The first kappa shape index (κ1) is 20.9. The summed E-state index contributed by atoms with van der Waals surface area (Å²) in [4.78, 5) is 4.26. The second-order valence-corrected chi connectivity index (χ2v) is 7.05. The highest BCUT2D eigenvalue weighted by Crippen LogP contribution is 2.17. The summed E-state index contributed by atoms with van der Waals surface area (Å²) >= 11 is 0. The lowest BCUT2D eigenvalue weighted by Gasteiger charge is -2.20. The lowest BCUT2D eigenvalue weighted by molar-refractivity contribution is 0.505. The summed E-state index contributed by atoms with van der Waals surface area (Å²) in [5.74, 6) is -0.961. The maximum atomic E-state index is 13.4. The number of aryl methyl sites for hydroxylation is 2. The molecule has 1 aromatic heterocycles. The molecule has 0 amide bonds. The van der Waals surface area contributed by atoms with Crippen molar-refractivity contribution >= 4 is 5.96 Å². The topological polar surface area (TPSA) is 54.2 Å². The minimum Gasteiger partial charge on any atom is -0.356 e. The predicted molar refractivity (Wildman–Crippen MR) is 105 cm³/mol. The lowest BCUT2D eigenvalue weighted by atomic mass is 10.0. The van der Waals surface area contributed by atoms with Gasteiger partial charge in [-0.25, -0.2) is 8.78 Å². The highest BCUT2D eigenvalue weighted by Gasteiger charge is 2.15. The van der Waals surface area contributed by atoms with Crippen molar-refractivity contribution in [3.05, 3.63) is 52.3 Å². The molecule has 0 aliphatic heterocycles. The number of benzene rings is 1. The number of halogens is 2. The van der Waals surface area contributed by atoms with Crippen LogP contribution in [0.15, 0.2) is 23.2 Å². The van der Waals surface area contributed by atoms with Gasteiger partial charge in [-0.3, -0.25) is 9.67 Å². The monoisotopic (exact) mass is 377 g/mol. The third kappa shape index (κ3) is 5.28. The molecule has 1 aromatic carbocycles. The Balaban J connectivity index is 1.92. The quantitative estimate of drug-likeness (QED) is 0.600. The molecule has 2 N–H and O–H groups in total. The highest BCUT2D eigenvalue weighted by atomic mass is 19.2. The number of nitrogens with one attached hydrogen (secondary N) is 2. The van der Waals surface area contributed by atoms with E-state index in [1.807, 2.05) is 25.6 Å². The Hall–Kier alpha value is -2.44. The van der Waals surface area contributed by atoms with Gasteiger partial charge < -0.3 is 10.6 Å².